The lowest BCUT2D eigenvalue weighted by atomic mass is 10.1. The lowest BCUT2D eigenvalue weighted by Gasteiger charge is -2.22. The van der Waals surface area contributed by atoms with E-state index in [1.54, 1.807) is 14.0 Å². The van der Waals surface area contributed by atoms with E-state index < -0.39 is 0 Å². The van der Waals surface area contributed by atoms with E-state index in [0.717, 1.165) is 11.3 Å². The van der Waals surface area contributed by atoms with Crippen molar-refractivity contribution in [2.45, 2.75) is 19.5 Å². The van der Waals surface area contributed by atoms with Crippen LogP contribution in [-0.2, 0) is 11.3 Å². The van der Waals surface area contributed by atoms with Crippen LogP contribution in [0.25, 0.3) is 0 Å². The van der Waals surface area contributed by atoms with Crippen molar-refractivity contribution < 1.29 is 9.53 Å². The smallest absolute Gasteiger partial charge is 0.234 e. The molecule has 0 bridgehead atoms. The molecule has 88 valence electrons. The predicted octanol–water partition coefficient (Wildman–Crippen LogP) is 1.00. The van der Waals surface area contributed by atoms with Crippen LogP contribution in [0.15, 0.2) is 24.3 Å². The molecule has 0 saturated carbocycles. The van der Waals surface area contributed by atoms with Gasteiger partial charge in [0, 0.05) is 12.1 Å². The molecule has 1 rings (SSSR count). The second kappa shape index (κ2) is 5.51. The van der Waals surface area contributed by atoms with E-state index in [0.29, 0.717) is 6.54 Å². The number of hydrogen-bond acceptors (Lipinski definition) is 3. The number of nitrogens with zero attached hydrogens (tertiary/aromatic N) is 1. The van der Waals surface area contributed by atoms with Crippen LogP contribution in [0, 0.1) is 0 Å². The highest BCUT2D eigenvalue weighted by atomic mass is 16.5. The first-order valence-corrected chi connectivity index (χ1v) is 5.17. The number of carbonyl (C=O) groups excluding carboxylic acids is 1. The molecule has 0 saturated heterocycles. The first kappa shape index (κ1) is 12.5. The van der Waals surface area contributed by atoms with Crippen molar-refractivity contribution in [3.05, 3.63) is 29.8 Å². The maximum atomic E-state index is 11.0. The average Bonchev–Trinajstić information content (AvgIpc) is 2.28. The van der Waals surface area contributed by atoms with E-state index in [1.165, 1.54) is 0 Å². The summed E-state index contributed by atoms with van der Waals surface area (Å²) in [4.78, 5) is 12.9. The maximum absolute atomic E-state index is 11.0. The monoisotopic (exact) mass is 222 g/mol. The number of para-hydroxylation sites is 1. The summed E-state index contributed by atoms with van der Waals surface area (Å²) in [6, 6.07) is 7.45. The number of ether oxygens (including phenoxy) is 1. The average molecular weight is 222 g/mol. The van der Waals surface area contributed by atoms with E-state index in [2.05, 4.69) is 0 Å². The van der Waals surface area contributed by atoms with E-state index in [-0.39, 0.29) is 11.9 Å². The summed E-state index contributed by atoms with van der Waals surface area (Å²) in [5, 5.41) is 0. The second-order valence-electron chi connectivity index (χ2n) is 3.81. The number of amides is 1. The van der Waals surface area contributed by atoms with Gasteiger partial charge in [0.05, 0.1) is 13.2 Å². The van der Waals surface area contributed by atoms with Crippen LogP contribution in [0.4, 0.5) is 0 Å². The summed E-state index contributed by atoms with van der Waals surface area (Å²) in [7, 11) is 3.50. The standard InChI is InChI=1S/C12H18N2O2/c1-9(12(13)15)14(2)8-10-6-4-5-7-11(10)16-3/h4-7,9H,8H2,1-3H3,(H2,13,15)/t9-/m0/s1. The van der Waals surface area contributed by atoms with Crippen LogP contribution in [0.3, 0.4) is 0 Å². The molecule has 0 aliphatic heterocycles. The van der Waals surface area contributed by atoms with Crippen LogP contribution in [-0.4, -0.2) is 31.0 Å². The van der Waals surface area contributed by atoms with Crippen molar-refractivity contribution in [3.63, 3.8) is 0 Å². The minimum atomic E-state index is -0.322. The Morgan fingerprint density at radius 2 is 2.12 bits per heavy atom. The van der Waals surface area contributed by atoms with Crippen molar-refractivity contribution >= 4 is 5.91 Å². The van der Waals surface area contributed by atoms with E-state index in [1.807, 2.05) is 36.2 Å². The molecule has 1 aromatic rings. The summed E-state index contributed by atoms with van der Waals surface area (Å²) in [6.07, 6.45) is 0. The van der Waals surface area contributed by atoms with Crippen LogP contribution < -0.4 is 10.5 Å². The molecule has 4 nitrogen and oxygen atoms in total. The molecule has 1 aromatic carbocycles. The van der Waals surface area contributed by atoms with Gasteiger partial charge in [-0.05, 0) is 20.0 Å². The minimum Gasteiger partial charge on any atom is -0.496 e. The Labute approximate surface area is 96.0 Å². The Balaban J connectivity index is 2.76. The fourth-order valence-corrected chi connectivity index (χ4v) is 1.46. The topological polar surface area (TPSA) is 55.6 Å². The third kappa shape index (κ3) is 2.97. The van der Waals surface area contributed by atoms with Crippen molar-refractivity contribution in [1.29, 1.82) is 0 Å². The zero-order valence-electron chi connectivity index (χ0n) is 9.93. The number of nitrogens with two attached hydrogens (primary N) is 1. The van der Waals surface area contributed by atoms with Gasteiger partial charge in [0.15, 0.2) is 0 Å². The molecule has 2 N–H and O–H groups in total. The van der Waals surface area contributed by atoms with Crippen LogP contribution >= 0.6 is 0 Å². The first-order valence-electron chi connectivity index (χ1n) is 5.17. The maximum Gasteiger partial charge on any atom is 0.234 e. The lowest BCUT2D eigenvalue weighted by molar-refractivity contribution is -0.122. The summed E-state index contributed by atoms with van der Waals surface area (Å²) in [5.74, 6) is 0.503. The molecule has 0 aromatic heterocycles. The Bertz CT molecular complexity index is 366. The van der Waals surface area contributed by atoms with Gasteiger partial charge >= 0.3 is 0 Å². The van der Waals surface area contributed by atoms with Gasteiger partial charge in [0.25, 0.3) is 0 Å². The third-order valence-electron chi connectivity index (χ3n) is 2.69. The molecule has 16 heavy (non-hydrogen) atoms. The summed E-state index contributed by atoms with van der Waals surface area (Å²) in [5.41, 5.74) is 6.29. The zero-order chi connectivity index (χ0) is 12.1. The van der Waals surface area contributed by atoms with Gasteiger partial charge in [-0.25, -0.2) is 0 Å². The molecule has 0 aliphatic carbocycles. The number of methoxy groups -OCH3 is 1. The van der Waals surface area contributed by atoms with Crippen molar-refractivity contribution in [1.82, 2.24) is 4.90 Å². The SMILES string of the molecule is COc1ccccc1CN(C)[C@@H](C)C(N)=O. The molecule has 0 spiro atoms. The zero-order valence-corrected chi connectivity index (χ0v) is 9.93. The van der Waals surface area contributed by atoms with E-state index in [4.69, 9.17) is 10.5 Å². The molecule has 4 heteroatoms. The van der Waals surface area contributed by atoms with Crippen molar-refractivity contribution in [2.75, 3.05) is 14.2 Å². The fourth-order valence-electron chi connectivity index (χ4n) is 1.46. The van der Waals surface area contributed by atoms with Gasteiger partial charge in [0.1, 0.15) is 5.75 Å². The number of likely N-dealkylation sites (N-methyl/N-ethyl adjacent to an activating group) is 1. The molecule has 0 unspecified atom stereocenters. The van der Waals surface area contributed by atoms with Gasteiger partial charge in [-0.3, -0.25) is 9.69 Å². The molecule has 1 amide bonds. The summed E-state index contributed by atoms with van der Waals surface area (Å²) in [6.45, 7) is 2.42. The molecular formula is C12H18N2O2. The molecule has 0 heterocycles. The van der Waals surface area contributed by atoms with Gasteiger partial charge in [-0.1, -0.05) is 18.2 Å². The van der Waals surface area contributed by atoms with Gasteiger partial charge in [0.2, 0.25) is 5.91 Å². The van der Waals surface area contributed by atoms with Crippen LogP contribution in [0.2, 0.25) is 0 Å². The van der Waals surface area contributed by atoms with Crippen LogP contribution in [0.1, 0.15) is 12.5 Å². The van der Waals surface area contributed by atoms with E-state index in [9.17, 15) is 4.79 Å². The number of primary amides is 1. The summed E-state index contributed by atoms with van der Waals surface area (Å²) >= 11 is 0. The van der Waals surface area contributed by atoms with Gasteiger partial charge in [-0.2, -0.15) is 0 Å². The Hall–Kier alpha value is -1.55. The third-order valence-corrected chi connectivity index (χ3v) is 2.69. The number of hydrogen-bond donors (Lipinski definition) is 1. The Morgan fingerprint density at radius 1 is 1.50 bits per heavy atom. The predicted molar refractivity (Wildman–Crippen MR) is 63.1 cm³/mol. The molecule has 0 aliphatic rings. The highest BCUT2D eigenvalue weighted by Gasteiger charge is 2.16. The second-order valence-corrected chi connectivity index (χ2v) is 3.81. The van der Waals surface area contributed by atoms with Gasteiger partial charge in [-0.15, -0.1) is 0 Å². The van der Waals surface area contributed by atoms with Crippen LogP contribution in [0.5, 0.6) is 5.75 Å². The molecule has 1 atom stereocenters. The fraction of sp³-hybridized carbons (Fsp3) is 0.417. The largest absolute Gasteiger partial charge is 0.496 e. The Kier molecular flexibility index (Phi) is 4.31. The summed E-state index contributed by atoms with van der Waals surface area (Å²) < 4.78 is 5.24. The molecular weight excluding hydrogens is 204 g/mol. The number of carbonyl (C=O) groups is 1. The van der Waals surface area contributed by atoms with E-state index >= 15 is 0 Å². The highest BCUT2D eigenvalue weighted by molar-refractivity contribution is 5.79. The lowest BCUT2D eigenvalue weighted by Crippen LogP contribution is -2.39. The normalized spacial score (nSPS) is 12.5. The van der Waals surface area contributed by atoms with Crippen molar-refractivity contribution in [2.24, 2.45) is 5.73 Å². The number of benzene rings is 1. The minimum absolute atomic E-state index is 0.287. The molecule has 0 radical (unpaired) electrons. The van der Waals surface area contributed by atoms with Crippen molar-refractivity contribution in [3.8, 4) is 5.75 Å². The van der Waals surface area contributed by atoms with Gasteiger partial charge < -0.3 is 10.5 Å². The Morgan fingerprint density at radius 3 is 2.69 bits per heavy atom. The first-order chi connectivity index (χ1) is 7.56. The molecule has 0 fully saturated rings. The quantitative estimate of drug-likeness (QED) is 0.808. The highest BCUT2D eigenvalue weighted by Crippen LogP contribution is 2.19. The number of rotatable bonds is 5.